The number of aryl methyl sites for hydroxylation is 1. The fourth-order valence-corrected chi connectivity index (χ4v) is 3.85. The molecular weight excluding hydrogens is 513 g/mol. The van der Waals surface area contributed by atoms with Crippen molar-refractivity contribution in [3.05, 3.63) is 97.2 Å². The van der Waals surface area contributed by atoms with Crippen molar-refractivity contribution in [2.75, 3.05) is 7.11 Å². The lowest BCUT2D eigenvalue weighted by Gasteiger charge is -2.13. The van der Waals surface area contributed by atoms with Gasteiger partial charge in [0.2, 0.25) is 0 Å². The molecule has 0 radical (unpaired) electrons. The van der Waals surface area contributed by atoms with Gasteiger partial charge in [0.25, 0.3) is 5.56 Å². The molecule has 168 valence electrons. The van der Waals surface area contributed by atoms with Crippen molar-refractivity contribution in [3.8, 4) is 11.5 Å². The van der Waals surface area contributed by atoms with Gasteiger partial charge in [0.1, 0.15) is 18.2 Å². The van der Waals surface area contributed by atoms with Gasteiger partial charge in [0.05, 0.1) is 29.2 Å². The number of hydrogen-bond donors (Lipinski definition) is 0. The van der Waals surface area contributed by atoms with E-state index in [0.717, 1.165) is 10.0 Å². The fourth-order valence-electron chi connectivity index (χ4n) is 3.21. The molecule has 0 unspecified atom stereocenters. The Morgan fingerprint density at radius 3 is 2.67 bits per heavy atom. The Bertz CT molecular complexity index is 1420. The lowest BCUT2D eigenvalue weighted by atomic mass is 10.2. The maximum absolute atomic E-state index is 13.1. The third-order valence-electron chi connectivity index (χ3n) is 4.84. The van der Waals surface area contributed by atoms with E-state index in [9.17, 15) is 9.18 Å². The third kappa shape index (κ3) is 5.07. The zero-order valence-electron chi connectivity index (χ0n) is 17.7. The van der Waals surface area contributed by atoms with E-state index in [1.165, 1.54) is 30.1 Å². The number of fused-ring (bicyclic) bond motifs is 1. The molecular formula is C24H18BrClFN3O3. The summed E-state index contributed by atoms with van der Waals surface area (Å²) in [6, 6.07) is 14.7. The Morgan fingerprint density at radius 2 is 1.94 bits per heavy atom. The second-order valence-electron chi connectivity index (χ2n) is 7.13. The molecule has 4 aromatic rings. The average Bonchev–Trinajstić information content (AvgIpc) is 2.79. The van der Waals surface area contributed by atoms with E-state index in [4.69, 9.17) is 21.1 Å². The number of aromatic nitrogens is 2. The van der Waals surface area contributed by atoms with Crippen molar-refractivity contribution < 1.29 is 13.9 Å². The molecule has 33 heavy (non-hydrogen) atoms. The van der Waals surface area contributed by atoms with E-state index >= 15 is 0 Å². The highest BCUT2D eigenvalue weighted by atomic mass is 79.9. The normalized spacial score (nSPS) is 11.3. The lowest BCUT2D eigenvalue weighted by molar-refractivity contribution is 0.284. The van der Waals surface area contributed by atoms with Crippen LogP contribution in [0.25, 0.3) is 10.9 Å². The minimum Gasteiger partial charge on any atom is -0.493 e. The summed E-state index contributed by atoms with van der Waals surface area (Å²) in [7, 11) is 1.50. The molecule has 6 nitrogen and oxygen atoms in total. The summed E-state index contributed by atoms with van der Waals surface area (Å²) in [5.74, 6) is 0.881. The van der Waals surface area contributed by atoms with E-state index < -0.39 is 0 Å². The van der Waals surface area contributed by atoms with Crippen molar-refractivity contribution in [1.82, 2.24) is 9.66 Å². The van der Waals surface area contributed by atoms with Crippen LogP contribution in [0.4, 0.5) is 4.39 Å². The second-order valence-corrected chi connectivity index (χ2v) is 8.45. The van der Waals surface area contributed by atoms with Gasteiger partial charge in [0, 0.05) is 4.47 Å². The Labute approximate surface area is 202 Å². The highest BCUT2D eigenvalue weighted by Crippen LogP contribution is 2.36. The molecule has 4 rings (SSSR count). The molecule has 0 aliphatic carbocycles. The summed E-state index contributed by atoms with van der Waals surface area (Å²) in [5.41, 5.74) is 1.70. The standard InChI is InChI=1S/C24H18BrClFN3O3/c1-14-29-21-8-5-17(25)11-19(21)24(31)30(14)28-12-16-9-20(26)23(22(10-16)32-2)33-13-15-3-6-18(27)7-4-15/h3-12H,13H2,1-2H3. The van der Waals surface area contributed by atoms with Crippen molar-refractivity contribution in [2.45, 2.75) is 13.5 Å². The zero-order chi connectivity index (χ0) is 23.5. The number of nitrogens with zero attached hydrogens (tertiary/aromatic N) is 3. The minimum absolute atomic E-state index is 0.191. The molecule has 0 amide bonds. The first-order valence-electron chi connectivity index (χ1n) is 9.84. The number of hydrogen-bond acceptors (Lipinski definition) is 5. The van der Waals surface area contributed by atoms with Gasteiger partial charge >= 0.3 is 0 Å². The zero-order valence-corrected chi connectivity index (χ0v) is 20.0. The molecule has 9 heteroatoms. The van der Waals surface area contributed by atoms with Gasteiger partial charge in [-0.15, -0.1) is 0 Å². The number of ether oxygens (including phenoxy) is 2. The smallest absolute Gasteiger partial charge is 0.282 e. The van der Waals surface area contributed by atoms with E-state index in [1.807, 2.05) is 6.07 Å². The van der Waals surface area contributed by atoms with Crippen LogP contribution in [0.3, 0.4) is 0 Å². The van der Waals surface area contributed by atoms with Gasteiger partial charge in [-0.05, 0) is 60.5 Å². The van der Waals surface area contributed by atoms with Gasteiger partial charge in [-0.3, -0.25) is 4.79 Å². The number of benzene rings is 3. The summed E-state index contributed by atoms with van der Waals surface area (Å²) in [6.45, 7) is 1.90. The molecule has 3 aromatic carbocycles. The fraction of sp³-hybridized carbons (Fsp3) is 0.125. The van der Waals surface area contributed by atoms with Gasteiger partial charge in [-0.1, -0.05) is 39.7 Å². The van der Waals surface area contributed by atoms with E-state index in [-0.39, 0.29) is 18.0 Å². The molecule has 0 bridgehead atoms. The number of methoxy groups -OCH3 is 1. The van der Waals surface area contributed by atoms with Gasteiger partial charge in [-0.25, -0.2) is 9.37 Å². The predicted octanol–water partition coefficient (Wildman–Crippen LogP) is 5.73. The summed E-state index contributed by atoms with van der Waals surface area (Å²) in [5, 5.41) is 5.07. The molecule has 1 heterocycles. The first-order valence-corrected chi connectivity index (χ1v) is 11.0. The maximum Gasteiger partial charge on any atom is 0.282 e. The van der Waals surface area contributed by atoms with Gasteiger partial charge in [0.15, 0.2) is 11.5 Å². The van der Waals surface area contributed by atoms with Crippen LogP contribution < -0.4 is 15.0 Å². The van der Waals surface area contributed by atoms with Crippen LogP contribution in [-0.4, -0.2) is 23.0 Å². The molecule has 0 fully saturated rings. The largest absolute Gasteiger partial charge is 0.493 e. The van der Waals surface area contributed by atoms with Crippen LogP contribution in [0.15, 0.2) is 69.0 Å². The second kappa shape index (κ2) is 9.72. The predicted molar refractivity (Wildman–Crippen MR) is 130 cm³/mol. The molecule has 1 aromatic heterocycles. The van der Waals surface area contributed by atoms with Crippen LogP contribution in [0.5, 0.6) is 11.5 Å². The van der Waals surface area contributed by atoms with Crippen molar-refractivity contribution in [1.29, 1.82) is 0 Å². The first kappa shape index (κ1) is 22.9. The van der Waals surface area contributed by atoms with Gasteiger partial charge < -0.3 is 9.47 Å². The SMILES string of the molecule is COc1cc(C=Nn2c(C)nc3ccc(Br)cc3c2=O)cc(Cl)c1OCc1ccc(F)cc1. The quantitative estimate of drug-likeness (QED) is 0.299. The summed E-state index contributed by atoms with van der Waals surface area (Å²) < 4.78 is 26.3. The molecule has 0 saturated carbocycles. The lowest BCUT2D eigenvalue weighted by Crippen LogP contribution is -2.20. The maximum atomic E-state index is 13.1. The first-order chi connectivity index (χ1) is 15.9. The van der Waals surface area contributed by atoms with Crippen molar-refractivity contribution in [3.63, 3.8) is 0 Å². The summed E-state index contributed by atoms with van der Waals surface area (Å²) >= 11 is 9.81. The van der Waals surface area contributed by atoms with Crippen LogP contribution in [0.2, 0.25) is 5.02 Å². The highest BCUT2D eigenvalue weighted by Gasteiger charge is 2.13. The van der Waals surface area contributed by atoms with E-state index in [1.54, 1.807) is 43.3 Å². The van der Waals surface area contributed by atoms with Crippen molar-refractivity contribution in [2.24, 2.45) is 5.10 Å². The molecule has 0 aliphatic heterocycles. The van der Waals surface area contributed by atoms with E-state index in [0.29, 0.717) is 38.8 Å². The van der Waals surface area contributed by atoms with Gasteiger partial charge in [-0.2, -0.15) is 9.78 Å². The monoisotopic (exact) mass is 529 g/mol. The Morgan fingerprint density at radius 1 is 1.18 bits per heavy atom. The van der Waals surface area contributed by atoms with Crippen molar-refractivity contribution >= 4 is 44.6 Å². The van der Waals surface area contributed by atoms with E-state index in [2.05, 4.69) is 26.0 Å². The summed E-state index contributed by atoms with van der Waals surface area (Å²) in [6.07, 6.45) is 1.50. The Kier molecular flexibility index (Phi) is 6.76. The van der Waals surface area contributed by atoms with Crippen LogP contribution in [0, 0.1) is 12.7 Å². The van der Waals surface area contributed by atoms with Crippen LogP contribution >= 0.6 is 27.5 Å². The molecule has 0 atom stereocenters. The molecule has 0 aliphatic rings. The highest BCUT2D eigenvalue weighted by molar-refractivity contribution is 9.10. The van der Waals surface area contributed by atoms with Crippen LogP contribution in [-0.2, 0) is 6.61 Å². The molecule has 0 N–H and O–H groups in total. The average molecular weight is 531 g/mol. The van der Waals surface area contributed by atoms with Crippen LogP contribution in [0.1, 0.15) is 17.0 Å². The number of rotatable bonds is 6. The Hall–Kier alpha value is -3.23. The topological polar surface area (TPSA) is 65.7 Å². The number of halogens is 3. The Balaban J connectivity index is 1.63. The minimum atomic E-state index is -0.318. The molecule has 0 spiro atoms. The third-order valence-corrected chi connectivity index (χ3v) is 5.61. The summed E-state index contributed by atoms with van der Waals surface area (Å²) in [4.78, 5) is 17.3. The molecule has 0 saturated heterocycles.